The van der Waals surface area contributed by atoms with Crippen LogP contribution in [0.1, 0.15) is 20.9 Å². The maximum Gasteiger partial charge on any atom is 0.347 e. The fraction of sp³-hybridized carbons (Fsp3) is 0.167. The lowest BCUT2D eigenvalue weighted by atomic mass is 10.2. The molecule has 6 heteroatoms. The highest BCUT2D eigenvalue weighted by atomic mass is 32.2. The summed E-state index contributed by atoms with van der Waals surface area (Å²) in [5, 5.41) is 8.91. The summed E-state index contributed by atoms with van der Waals surface area (Å²) in [5.74, 6) is -0.563. The second-order valence-electron chi connectivity index (χ2n) is 3.61. The summed E-state index contributed by atoms with van der Waals surface area (Å²) in [6.07, 6.45) is 0. The Hall–Kier alpha value is -1.40. The van der Waals surface area contributed by atoms with Crippen LogP contribution in [-0.4, -0.2) is 16.1 Å². The van der Waals surface area contributed by atoms with Crippen molar-refractivity contribution in [2.75, 3.05) is 0 Å². The average molecular weight is 283 g/mol. The molecule has 1 heterocycles. The Balaban J connectivity index is 2.04. The molecule has 0 saturated carbocycles. The van der Waals surface area contributed by atoms with E-state index in [2.05, 4.69) is 4.98 Å². The van der Waals surface area contributed by atoms with Crippen molar-refractivity contribution in [2.24, 2.45) is 0 Å². The third-order valence-electron chi connectivity index (χ3n) is 2.25. The molecule has 0 bridgehead atoms. The number of hydrogen-bond acceptors (Lipinski definition) is 4. The van der Waals surface area contributed by atoms with Gasteiger partial charge in [-0.1, -0.05) is 23.9 Å². The van der Waals surface area contributed by atoms with Crippen molar-refractivity contribution >= 4 is 29.1 Å². The zero-order chi connectivity index (χ0) is 13.1. The van der Waals surface area contributed by atoms with Crippen LogP contribution >= 0.6 is 23.1 Å². The van der Waals surface area contributed by atoms with Crippen LogP contribution in [0.25, 0.3) is 0 Å². The molecule has 18 heavy (non-hydrogen) atoms. The highest BCUT2D eigenvalue weighted by Gasteiger charge is 2.14. The van der Waals surface area contributed by atoms with E-state index in [1.165, 1.54) is 35.2 Å². The number of benzene rings is 1. The lowest BCUT2D eigenvalue weighted by molar-refractivity contribution is 0.0701. The van der Waals surface area contributed by atoms with Gasteiger partial charge in [0, 0.05) is 5.75 Å². The zero-order valence-corrected chi connectivity index (χ0v) is 11.1. The number of nitrogens with zero attached hydrogens (tertiary/aromatic N) is 1. The van der Waals surface area contributed by atoms with E-state index in [0.29, 0.717) is 15.8 Å². The molecule has 94 valence electrons. The molecule has 0 spiro atoms. The summed E-state index contributed by atoms with van der Waals surface area (Å²) >= 11 is 2.62. The quantitative estimate of drug-likeness (QED) is 0.871. The molecular formula is C12H10FNO2S2. The molecule has 1 aromatic heterocycles. The van der Waals surface area contributed by atoms with Crippen molar-refractivity contribution in [3.8, 4) is 0 Å². The van der Waals surface area contributed by atoms with E-state index in [1.807, 2.05) is 0 Å². The van der Waals surface area contributed by atoms with Gasteiger partial charge in [-0.15, -0.1) is 11.3 Å². The van der Waals surface area contributed by atoms with Gasteiger partial charge in [0.15, 0.2) is 4.34 Å². The van der Waals surface area contributed by atoms with Crippen LogP contribution in [0.15, 0.2) is 28.6 Å². The van der Waals surface area contributed by atoms with Crippen LogP contribution in [0.2, 0.25) is 0 Å². The molecule has 0 aliphatic heterocycles. The largest absolute Gasteiger partial charge is 0.477 e. The van der Waals surface area contributed by atoms with Crippen molar-refractivity contribution in [2.45, 2.75) is 17.0 Å². The third-order valence-corrected chi connectivity index (χ3v) is 4.61. The fourth-order valence-corrected chi connectivity index (χ4v) is 3.34. The Morgan fingerprint density at radius 1 is 1.44 bits per heavy atom. The van der Waals surface area contributed by atoms with Gasteiger partial charge in [-0.3, -0.25) is 0 Å². The van der Waals surface area contributed by atoms with Crippen molar-refractivity contribution in [1.29, 1.82) is 0 Å². The first-order valence-corrected chi connectivity index (χ1v) is 6.94. The van der Waals surface area contributed by atoms with E-state index in [9.17, 15) is 9.18 Å². The minimum atomic E-state index is -0.946. The zero-order valence-electron chi connectivity index (χ0n) is 9.51. The molecule has 1 N–H and O–H groups in total. The van der Waals surface area contributed by atoms with Crippen LogP contribution in [0, 0.1) is 12.7 Å². The Kier molecular flexibility index (Phi) is 3.98. The van der Waals surface area contributed by atoms with Crippen LogP contribution in [0.3, 0.4) is 0 Å². The van der Waals surface area contributed by atoms with Crippen molar-refractivity contribution in [3.05, 3.63) is 46.2 Å². The lowest BCUT2D eigenvalue weighted by Gasteiger charge is -1.98. The van der Waals surface area contributed by atoms with Crippen LogP contribution in [0.4, 0.5) is 4.39 Å². The molecule has 0 aliphatic carbocycles. The van der Waals surface area contributed by atoms with E-state index in [1.54, 1.807) is 19.1 Å². The smallest absolute Gasteiger partial charge is 0.347 e. The molecule has 1 aromatic carbocycles. The minimum absolute atomic E-state index is 0.262. The number of halogens is 1. The molecule has 2 rings (SSSR count). The van der Waals surface area contributed by atoms with Gasteiger partial charge in [-0.05, 0) is 24.6 Å². The van der Waals surface area contributed by atoms with E-state index in [0.717, 1.165) is 5.56 Å². The topological polar surface area (TPSA) is 50.2 Å². The van der Waals surface area contributed by atoms with Crippen molar-refractivity contribution in [1.82, 2.24) is 4.98 Å². The number of carboxylic acid groups (broad SMARTS) is 1. The molecular weight excluding hydrogens is 273 g/mol. The van der Waals surface area contributed by atoms with Crippen molar-refractivity contribution in [3.63, 3.8) is 0 Å². The number of aromatic nitrogens is 1. The van der Waals surface area contributed by atoms with E-state index in [-0.39, 0.29) is 10.7 Å². The van der Waals surface area contributed by atoms with Crippen LogP contribution < -0.4 is 0 Å². The number of carbonyl (C=O) groups is 1. The number of aryl methyl sites for hydroxylation is 1. The summed E-state index contributed by atoms with van der Waals surface area (Å²) in [5.41, 5.74) is 1.51. The Morgan fingerprint density at radius 3 is 2.67 bits per heavy atom. The second kappa shape index (κ2) is 5.49. The first-order valence-electron chi connectivity index (χ1n) is 5.14. The summed E-state index contributed by atoms with van der Waals surface area (Å²) in [7, 11) is 0. The molecule has 0 aliphatic rings. The van der Waals surface area contributed by atoms with Crippen LogP contribution in [0.5, 0.6) is 0 Å². The second-order valence-corrected chi connectivity index (χ2v) is 5.84. The maximum absolute atomic E-state index is 12.7. The molecule has 0 fully saturated rings. The average Bonchev–Trinajstić information content (AvgIpc) is 2.70. The predicted molar refractivity (Wildman–Crippen MR) is 69.8 cm³/mol. The molecule has 0 amide bonds. The highest BCUT2D eigenvalue weighted by Crippen LogP contribution is 2.29. The minimum Gasteiger partial charge on any atom is -0.477 e. The van der Waals surface area contributed by atoms with Gasteiger partial charge in [0.25, 0.3) is 0 Å². The predicted octanol–water partition coefficient (Wildman–Crippen LogP) is 3.58. The number of aromatic carboxylic acids is 1. The van der Waals surface area contributed by atoms with Gasteiger partial charge < -0.3 is 5.11 Å². The Labute approximate surface area is 112 Å². The summed E-state index contributed by atoms with van der Waals surface area (Å²) in [4.78, 5) is 15.3. The van der Waals surface area contributed by atoms with Gasteiger partial charge in [0.2, 0.25) is 0 Å². The SMILES string of the molecule is Cc1nc(SCc2ccc(F)cc2)sc1C(=O)O. The van der Waals surface area contributed by atoms with Gasteiger partial charge in [-0.2, -0.15) is 0 Å². The summed E-state index contributed by atoms with van der Waals surface area (Å²) in [6.45, 7) is 1.68. The van der Waals surface area contributed by atoms with Gasteiger partial charge in [-0.25, -0.2) is 14.2 Å². The normalized spacial score (nSPS) is 10.6. The Bertz CT molecular complexity index is 566. The van der Waals surface area contributed by atoms with Gasteiger partial charge in [0.05, 0.1) is 5.69 Å². The molecule has 0 radical (unpaired) electrons. The summed E-state index contributed by atoms with van der Waals surface area (Å²) in [6, 6.07) is 6.24. The lowest BCUT2D eigenvalue weighted by Crippen LogP contribution is -1.94. The summed E-state index contributed by atoms with van der Waals surface area (Å²) < 4.78 is 13.4. The van der Waals surface area contributed by atoms with E-state index in [4.69, 9.17) is 5.11 Å². The molecule has 0 unspecified atom stereocenters. The molecule has 2 aromatic rings. The first-order chi connectivity index (χ1) is 8.56. The number of thioether (sulfide) groups is 1. The van der Waals surface area contributed by atoms with Crippen molar-refractivity contribution < 1.29 is 14.3 Å². The molecule has 0 saturated heterocycles. The molecule has 0 atom stereocenters. The van der Waals surface area contributed by atoms with Gasteiger partial charge in [0.1, 0.15) is 10.7 Å². The van der Waals surface area contributed by atoms with Crippen LogP contribution in [-0.2, 0) is 5.75 Å². The number of carboxylic acids is 1. The third kappa shape index (κ3) is 3.08. The standard InChI is InChI=1S/C12H10FNO2S2/c1-7-10(11(15)16)18-12(14-7)17-6-8-2-4-9(13)5-3-8/h2-5H,6H2,1H3,(H,15,16). The highest BCUT2D eigenvalue weighted by molar-refractivity contribution is 8.00. The number of thiazole rings is 1. The van der Waals surface area contributed by atoms with E-state index >= 15 is 0 Å². The fourth-order valence-electron chi connectivity index (χ4n) is 1.36. The van der Waals surface area contributed by atoms with E-state index < -0.39 is 5.97 Å². The Morgan fingerprint density at radius 2 is 2.11 bits per heavy atom. The number of rotatable bonds is 4. The monoisotopic (exact) mass is 283 g/mol. The maximum atomic E-state index is 12.7. The van der Waals surface area contributed by atoms with Gasteiger partial charge >= 0.3 is 5.97 Å². The molecule has 3 nitrogen and oxygen atoms in total. The first kappa shape index (κ1) is 13.0. The number of hydrogen-bond donors (Lipinski definition) is 1.